The van der Waals surface area contributed by atoms with Crippen molar-refractivity contribution in [3.8, 4) is 0 Å². The molecule has 0 unspecified atom stereocenters. The van der Waals surface area contributed by atoms with Crippen LogP contribution in [0.2, 0.25) is 0 Å². The second-order valence-electron chi connectivity index (χ2n) is 5.08. The molecule has 0 aliphatic heterocycles. The molecule has 0 spiro atoms. The van der Waals surface area contributed by atoms with E-state index in [0.29, 0.717) is 13.1 Å². The molecule has 23 heavy (non-hydrogen) atoms. The highest BCUT2D eigenvalue weighted by atomic mass is 32.1. The molecule has 0 saturated carbocycles. The fraction of sp³-hybridized carbons (Fsp3) is 0.312. The Bertz CT molecular complexity index is 673. The van der Waals surface area contributed by atoms with Crippen LogP contribution in [0.4, 0.5) is 11.4 Å². The lowest BCUT2D eigenvalue weighted by molar-refractivity contribution is -0.383. The maximum atomic E-state index is 12.4. The molecule has 1 aromatic heterocycles. The Labute approximate surface area is 138 Å². The number of nitro groups is 1. The molecule has 0 aliphatic rings. The smallest absolute Gasteiger partial charge is 0.292 e. The normalized spacial score (nSPS) is 12.1. The van der Waals surface area contributed by atoms with Crippen molar-refractivity contribution in [2.24, 2.45) is 0 Å². The standard InChI is InChI=1S/C16H19N3O3S/c1-3-18(11-13-7-6-10-23-13)12(2)16(20)17-14-8-4-5-9-15(14)19(21)22/h4-10,12H,3,11H2,1-2H3,(H,17,20)/t12-/m1/s1. The number of nitrogens with zero attached hydrogens (tertiary/aromatic N) is 2. The molecule has 0 fully saturated rings. The lowest BCUT2D eigenvalue weighted by Crippen LogP contribution is -2.41. The Morgan fingerprint density at radius 1 is 1.35 bits per heavy atom. The van der Waals surface area contributed by atoms with Crippen LogP contribution in [0.15, 0.2) is 41.8 Å². The van der Waals surface area contributed by atoms with Gasteiger partial charge in [0.05, 0.1) is 11.0 Å². The molecule has 1 aromatic carbocycles. The summed E-state index contributed by atoms with van der Waals surface area (Å²) in [4.78, 5) is 26.2. The third kappa shape index (κ3) is 4.37. The van der Waals surface area contributed by atoms with Crippen molar-refractivity contribution in [1.29, 1.82) is 0 Å². The third-order valence-electron chi connectivity index (χ3n) is 3.63. The van der Waals surface area contributed by atoms with Crippen molar-refractivity contribution in [1.82, 2.24) is 4.90 Å². The molecule has 0 radical (unpaired) electrons. The number of benzene rings is 1. The van der Waals surface area contributed by atoms with Crippen LogP contribution in [0.5, 0.6) is 0 Å². The topological polar surface area (TPSA) is 75.5 Å². The highest BCUT2D eigenvalue weighted by Gasteiger charge is 2.23. The average Bonchev–Trinajstić information content (AvgIpc) is 3.05. The van der Waals surface area contributed by atoms with Crippen LogP contribution in [0, 0.1) is 10.1 Å². The first kappa shape index (κ1) is 17.1. The van der Waals surface area contributed by atoms with Gasteiger partial charge in [-0.3, -0.25) is 19.8 Å². The Kier molecular flexibility index (Phi) is 5.84. The highest BCUT2D eigenvalue weighted by molar-refractivity contribution is 7.09. The van der Waals surface area contributed by atoms with Gasteiger partial charge in [-0.05, 0) is 31.0 Å². The number of anilines is 1. The van der Waals surface area contributed by atoms with Crippen molar-refractivity contribution in [2.45, 2.75) is 26.4 Å². The minimum absolute atomic E-state index is 0.102. The van der Waals surface area contributed by atoms with Crippen molar-refractivity contribution >= 4 is 28.6 Å². The zero-order chi connectivity index (χ0) is 16.8. The summed E-state index contributed by atoms with van der Waals surface area (Å²) in [5, 5.41) is 15.7. The van der Waals surface area contributed by atoms with Gasteiger partial charge in [-0.2, -0.15) is 0 Å². The predicted octanol–water partition coefficient (Wildman–Crippen LogP) is 3.51. The maximum absolute atomic E-state index is 12.4. The first-order valence-corrected chi connectivity index (χ1v) is 8.21. The molecule has 2 aromatic rings. The second kappa shape index (κ2) is 7.85. The number of amides is 1. The molecule has 2 rings (SSSR count). The largest absolute Gasteiger partial charge is 0.319 e. The molecule has 6 nitrogen and oxygen atoms in total. The minimum Gasteiger partial charge on any atom is -0.319 e. The Morgan fingerprint density at radius 2 is 2.09 bits per heavy atom. The first-order chi connectivity index (χ1) is 11.0. The minimum atomic E-state index is -0.497. The van der Waals surface area contributed by atoms with Crippen molar-refractivity contribution < 1.29 is 9.72 Å². The van der Waals surface area contributed by atoms with Crippen molar-refractivity contribution in [2.75, 3.05) is 11.9 Å². The third-order valence-corrected chi connectivity index (χ3v) is 4.49. The fourth-order valence-corrected chi connectivity index (χ4v) is 3.00. The van der Waals surface area contributed by atoms with E-state index in [1.54, 1.807) is 30.4 Å². The Hall–Kier alpha value is -2.25. The summed E-state index contributed by atoms with van der Waals surface area (Å²) in [6, 6.07) is 9.78. The van der Waals surface area contributed by atoms with Gasteiger partial charge in [-0.25, -0.2) is 0 Å². The number of nitrogens with one attached hydrogen (secondary N) is 1. The summed E-state index contributed by atoms with van der Waals surface area (Å²) in [6.07, 6.45) is 0. The molecule has 0 saturated heterocycles. The van der Waals surface area contributed by atoms with Gasteiger partial charge in [0.2, 0.25) is 5.91 Å². The van der Waals surface area contributed by atoms with Gasteiger partial charge >= 0.3 is 0 Å². The monoisotopic (exact) mass is 333 g/mol. The van der Waals surface area contributed by atoms with Gasteiger partial charge in [-0.15, -0.1) is 11.3 Å². The van der Waals surface area contributed by atoms with E-state index in [-0.39, 0.29) is 23.3 Å². The zero-order valence-corrected chi connectivity index (χ0v) is 13.9. The van der Waals surface area contributed by atoms with Gasteiger partial charge in [-0.1, -0.05) is 25.1 Å². The van der Waals surface area contributed by atoms with Crippen LogP contribution in [0.1, 0.15) is 18.7 Å². The van der Waals surface area contributed by atoms with Crippen LogP contribution in [-0.4, -0.2) is 28.3 Å². The number of carbonyl (C=O) groups is 1. The number of likely N-dealkylation sites (N-methyl/N-ethyl adjacent to an activating group) is 1. The SMILES string of the molecule is CCN(Cc1cccs1)[C@H](C)C(=O)Nc1ccccc1[N+](=O)[O-]. The lowest BCUT2D eigenvalue weighted by atomic mass is 10.2. The Morgan fingerprint density at radius 3 is 2.70 bits per heavy atom. The second-order valence-corrected chi connectivity index (χ2v) is 6.11. The quantitative estimate of drug-likeness (QED) is 0.621. The summed E-state index contributed by atoms with van der Waals surface area (Å²) < 4.78 is 0. The highest BCUT2D eigenvalue weighted by Crippen LogP contribution is 2.24. The molecule has 0 aliphatic carbocycles. The lowest BCUT2D eigenvalue weighted by Gasteiger charge is -2.26. The van der Waals surface area contributed by atoms with Crippen LogP contribution < -0.4 is 5.32 Å². The molecule has 1 heterocycles. The van der Waals surface area contributed by atoms with Crippen LogP contribution in [0.25, 0.3) is 0 Å². The van der Waals surface area contributed by atoms with E-state index < -0.39 is 4.92 Å². The maximum Gasteiger partial charge on any atom is 0.292 e. The van der Waals surface area contributed by atoms with Gasteiger partial charge in [0, 0.05) is 17.5 Å². The van der Waals surface area contributed by atoms with Gasteiger partial charge < -0.3 is 5.32 Å². The molecule has 1 N–H and O–H groups in total. The number of hydrogen-bond acceptors (Lipinski definition) is 5. The molecular weight excluding hydrogens is 314 g/mol. The molecule has 122 valence electrons. The summed E-state index contributed by atoms with van der Waals surface area (Å²) in [7, 11) is 0. The summed E-state index contributed by atoms with van der Waals surface area (Å²) >= 11 is 1.64. The zero-order valence-electron chi connectivity index (χ0n) is 13.1. The predicted molar refractivity (Wildman–Crippen MR) is 91.6 cm³/mol. The number of carbonyl (C=O) groups excluding carboxylic acids is 1. The van der Waals surface area contributed by atoms with E-state index in [1.165, 1.54) is 17.0 Å². The first-order valence-electron chi connectivity index (χ1n) is 7.33. The average molecular weight is 333 g/mol. The summed E-state index contributed by atoms with van der Waals surface area (Å²) in [5.74, 6) is -0.252. The van der Waals surface area contributed by atoms with E-state index in [0.717, 1.165) is 0 Å². The van der Waals surface area contributed by atoms with Gasteiger partial charge in [0.15, 0.2) is 0 Å². The van der Waals surface area contributed by atoms with Gasteiger partial charge in [0.1, 0.15) is 5.69 Å². The van der Waals surface area contributed by atoms with E-state index in [4.69, 9.17) is 0 Å². The number of rotatable bonds is 7. The van der Waals surface area contributed by atoms with Crippen molar-refractivity contribution in [3.63, 3.8) is 0 Å². The summed E-state index contributed by atoms with van der Waals surface area (Å²) in [6.45, 7) is 5.19. The Balaban J connectivity index is 2.08. The van der Waals surface area contributed by atoms with E-state index in [2.05, 4.69) is 5.32 Å². The number of thiophene rings is 1. The number of para-hydroxylation sites is 2. The van der Waals surface area contributed by atoms with Crippen LogP contribution >= 0.6 is 11.3 Å². The van der Waals surface area contributed by atoms with Gasteiger partial charge in [0.25, 0.3) is 5.69 Å². The molecular formula is C16H19N3O3S. The molecule has 1 atom stereocenters. The van der Waals surface area contributed by atoms with Crippen LogP contribution in [0.3, 0.4) is 0 Å². The fourth-order valence-electron chi connectivity index (χ4n) is 2.27. The van der Waals surface area contributed by atoms with E-state index >= 15 is 0 Å². The van der Waals surface area contributed by atoms with E-state index in [1.807, 2.05) is 29.3 Å². The van der Waals surface area contributed by atoms with Crippen molar-refractivity contribution in [3.05, 3.63) is 56.8 Å². The molecule has 0 bridgehead atoms. The number of nitro benzene ring substituents is 1. The summed E-state index contributed by atoms with van der Waals surface area (Å²) in [5.41, 5.74) is 0.121. The molecule has 1 amide bonds. The number of hydrogen-bond donors (Lipinski definition) is 1. The molecule has 7 heteroatoms. The van der Waals surface area contributed by atoms with E-state index in [9.17, 15) is 14.9 Å². The van der Waals surface area contributed by atoms with Crippen LogP contribution in [-0.2, 0) is 11.3 Å².